The lowest BCUT2D eigenvalue weighted by Crippen LogP contribution is -2.48. The molecule has 1 fully saturated rings. The van der Waals surface area contributed by atoms with Crippen molar-refractivity contribution in [1.82, 2.24) is 19.2 Å². The lowest BCUT2D eigenvalue weighted by Gasteiger charge is -2.34. The predicted molar refractivity (Wildman–Crippen MR) is 115 cm³/mol. The van der Waals surface area contributed by atoms with Gasteiger partial charge in [-0.05, 0) is 29.8 Å². The van der Waals surface area contributed by atoms with Gasteiger partial charge in [0.15, 0.2) is 0 Å². The molecular weight excluding hydrogens is 404 g/mol. The fourth-order valence-corrected chi connectivity index (χ4v) is 3.82. The van der Waals surface area contributed by atoms with Crippen molar-refractivity contribution in [3.63, 3.8) is 0 Å². The highest BCUT2D eigenvalue weighted by atomic mass is 35.5. The maximum atomic E-state index is 12.7. The van der Waals surface area contributed by atoms with Crippen LogP contribution >= 0.6 is 11.6 Å². The molecule has 30 heavy (non-hydrogen) atoms. The molecule has 1 saturated heterocycles. The Morgan fingerprint density at radius 1 is 1.13 bits per heavy atom. The number of hydrogen-bond donors (Lipinski definition) is 0. The number of amides is 1. The summed E-state index contributed by atoms with van der Waals surface area (Å²) < 4.78 is 6.67. The zero-order valence-electron chi connectivity index (χ0n) is 16.8. The molecule has 4 rings (SSSR count). The number of fused-ring (bicyclic) bond motifs is 1. The van der Waals surface area contributed by atoms with E-state index in [4.69, 9.17) is 16.3 Å². The quantitative estimate of drug-likeness (QED) is 0.626. The molecular formula is C22H23ClN4O3. The van der Waals surface area contributed by atoms with Gasteiger partial charge in [-0.1, -0.05) is 23.7 Å². The van der Waals surface area contributed by atoms with Crippen LogP contribution in [0, 0.1) is 0 Å². The highest BCUT2D eigenvalue weighted by Crippen LogP contribution is 2.15. The van der Waals surface area contributed by atoms with Gasteiger partial charge in [-0.3, -0.25) is 18.9 Å². The first-order valence-electron chi connectivity index (χ1n) is 9.83. The van der Waals surface area contributed by atoms with Gasteiger partial charge in [0.05, 0.1) is 24.2 Å². The molecule has 2 aromatic heterocycles. The number of carbonyl (C=O) groups excluding carboxylic acids is 1. The molecule has 0 atom stereocenters. The van der Waals surface area contributed by atoms with Gasteiger partial charge in [0.2, 0.25) is 5.91 Å². The summed E-state index contributed by atoms with van der Waals surface area (Å²) in [5.74, 6) is 0.869. The summed E-state index contributed by atoms with van der Waals surface area (Å²) in [6.07, 6.45) is 1.94. The molecule has 0 radical (unpaired) electrons. The molecule has 1 aliphatic heterocycles. The summed E-state index contributed by atoms with van der Waals surface area (Å²) in [6, 6.07) is 12.6. The molecule has 3 heterocycles. The average molecular weight is 427 g/mol. The Morgan fingerprint density at radius 3 is 2.70 bits per heavy atom. The summed E-state index contributed by atoms with van der Waals surface area (Å²) in [5.41, 5.74) is 2.10. The summed E-state index contributed by atoms with van der Waals surface area (Å²) >= 11 is 5.96. The Morgan fingerprint density at radius 2 is 1.93 bits per heavy atom. The smallest absolute Gasteiger partial charge is 0.258 e. The third-order valence-corrected chi connectivity index (χ3v) is 5.50. The summed E-state index contributed by atoms with van der Waals surface area (Å²) in [7, 11) is 1.62. The number of nitrogens with zero attached hydrogens (tertiary/aromatic N) is 4. The fourth-order valence-electron chi connectivity index (χ4n) is 3.66. The number of rotatable bonds is 5. The van der Waals surface area contributed by atoms with Crippen molar-refractivity contribution in [1.29, 1.82) is 0 Å². The van der Waals surface area contributed by atoms with Crippen LogP contribution in [0.3, 0.4) is 0 Å². The van der Waals surface area contributed by atoms with Gasteiger partial charge in [-0.25, -0.2) is 4.98 Å². The largest absolute Gasteiger partial charge is 0.497 e. The average Bonchev–Trinajstić information content (AvgIpc) is 2.75. The van der Waals surface area contributed by atoms with E-state index in [1.165, 1.54) is 4.40 Å². The molecule has 156 valence electrons. The minimum atomic E-state index is -0.149. The van der Waals surface area contributed by atoms with E-state index in [0.717, 1.165) is 30.1 Å². The van der Waals surface area contributed by atoms with Gasteiger partial charge in [0, 0.05) is 45.0 Å². The van der Waals surface area contributed by atoms with Gasteiger partial charge in [-0.2, -0.15) is 0 Å². The predicted octanol–water partition coefficient (Wildman–Crippen LogP) is 2.24. The zero-order chi connectivity index (χ0) is 21.1. The third kappa shape index (κ3) is 4.63. The first-order valence-corrected chi connectivity index (χ1v) is 10.2. The molecule has 0 spiro atoms. The van der Waals surface area contributed by atoms with Crippen molar-refractivity contribution in [3.8, 4) is 5.75 Å². The van der Waals surface area contributed by atoms with E-state index in [-0.39, 0.29) is 11.5 Å². The number of pyridine rings is 1. The second kappa shape index (κ2) is 8.85. The second-order valence-corrected chi connectivity index (χ2v) is 7.78. The van der Waals surface area contributed by atoms with Crippen LogP contribution in [0.1, 0.15) is 11.3 Å². The zero-order valence-corrected chi connectivity index (χ0v) is 17.5. The molecule has 3 aromatic rings. The second-order valence-electron chi connectivity index (χ2n) is 7.35. The number of aromatic nitrogens is 2. The molecule has 0 bridgehead atoms. The van der Waals surface area contributed by atoms with E-state index in [2.05, 4.69) is 9.88 Å². The van der Waals surface area contributed by atoms with E-state index in [0.29, 0.717) is 36.7 Å². The van der Waals surface area contributed by atoms with Crippen molar-refractivity contribution in [3.05, 3.63) is 75.3 Å². The summed E-state index contributed by atoms with van der Waals surface area (Å²) in [4.78, 5) is 33.7. The third-order valence-electron chi connectivity index (χ3n) is 5.28. The first-order chi connectivity index (χ1) is 14.5. The van der Waals surface area contributed by atoms with E-state index >= 15 is 0 Å². The van der Waals surface area contributed by atoms with Crippen molar-refractivity contribution in [2.45, 2.75) is 13.0 Å². The van der Waals surface area contributed by atoms with Gasteiger partial charge < -0.3 is 9.64 Å². The Hall–Kier alpha value is -2.90. The van der Waals surface area contributed by atoms with Crippen LogP contribution in [-0.4, -0.2) is 58.4 Å². The topological polar surface area (TPSA) is 67.2 Å². The SMILES string of the molecule is COc1cccc(CC(=O)N2CCN(Cc3cc(=O)n4cc(Cl)ccc4n3)CC2)c1. The van der Waals surface area contributed by atoms with Crippen molar-refractivity contribution in [2.75, 3.05) is 33.3 Å². The van der Waals surface area contributed by atoms with Crippen LogP contribution in [0.5, 0.6) is 5.75 Å². The normalized spacial score (nSPS) is 14.8. The lowest BCUT2D eigenvalue weighted by molar-refractivity contribution is -0.132. The number of benzene rings is 1. The molecule has 0 aliphatic carbocycles. The van der Waals surface area contributed by atoms with E-state index in [1.807, 2.05) is 29.2 Å². The number of piperazine rings is 1. The van der Waals surface area contributed by atoms with Crippen LogP contribution in [0.25, 0.3) is 5.65 Å². The van der Waals surface area contributed by atoms with Crippen LogP contribution in [0.4, 0.5) is 0 Å². The van der Waals surface area contributed by atoms with Crippen molar-refractivity contribution < 1.29 is 9.53 Å². The summed E-state index contributed by atoms with van der Waals surface area (Å²) in [5, 5.41) is 0.494. The van der Waals surface area contributed by atoms with Gasteiger partial charge in [-0.15, -0.1) is 0 Å². The number of hydrogen-bond acceptors (Lipinski definition) is 5. The Bertz CT molecular complexity index is 1120. The van der Waals surface area contributed by atoms with Crippen LogP contribution in [0.2, 0.25) is 5.02 Å². The van der Waals surface area contributed by atoms with Crippen LogP contribution in [-0.2, 0) is 17.8 Å². The maximum Gasteiger partial charge on any atom is 0.258 e. The Balaban J connectivity index is 1.35. The van der Waals surface area contributed by atoms with Gasteiger partial charge in [0.1, 0.15) is 11.4 Å². The van der Waals surface area contributed by atoms with E-state index in [9.17, 15) is 9.59 Å². The molecule has 0 unspecified atom stereocenters. The minimum Gasteiger partial charge on any atom is -0.497 e. The molecule has 1 amide bonds. The number of ether oxygens (including phenoxy) is 1. The summed E-state index contributed by atoms with van der Waals surface area (Å²) in [6.45, 7) is 3.37. The fraction of sp³-hybridized carbons (Fsp3) is 0.318. The molecule has 8 heteroatoms. The Labute approximate surface area is 179 Å². The molecule has 1 aromatic carbocycles. The number of methoxy groups -OCH3 is 1. The van der Waals surface area contributed by atoms with Crippen molar-refractivity contribution in [2.24, 2.45) is 0 Å². The molecule has 1 aliphatic rings. The highest BCUT2D eigenvalue weighted by Gasteiger charge is 2.22. The molecule has 0 N–H and O–H groups in total. The molecule has 7 nitrogen and oxygen atoms in total. The first kappa shape index (κ1) is 20.4. The van der Waals surface area contributed by atoms with Gasteiger partial charge in [0.25, 0.3) is 5.56 Å². The molecule has 0 saturated carbocycles. The monoisotopic (exact) mass is 426 g/mol. The minimum absolute atomic E-state index is 0.113. The van der Waals surface area contributed by atoms with E-state index < -0.39 is 0 Å². The number of halogens is 1. The Kier molecular flexibility index (Phi) is 6.01. The standard InChI is InChI=1S/C22H23ClN4O3/c1-30-19-4-2-3-16(11-19)12-21(28)26-9-7-25(8-10-26)15-18-13-22(29)27-14-17(23)5-6-20(27)24-18/h2-6,11,13-14H,7-10,12,15H2,1H3. The van der Waals surface area contributed by atoms with Gasteiger partial charge >= 0.3 is 0 Å². The van der Waals surface area contributed by atoms with E-state index in [1.54, 1.807) is 31.5 Å². The van der Waals surface area contributed by atoms with Crippen molar-refractivity contribution >= 4 is 23.2 Å². The van der Waals surface area contributed by atoms with Crippen LogP contribution in [0.15, 0.2) is 53.5 Å². The lowest BCUT2D eigenvalue weighted by atomic mass is 10.1. The number of carbonyl (C=O) groups is 1. The highest BCUT2D eigenvalue weighted by molar-refractivity contribution is 6.30. The van der Waals surface area contributed by atoms with Crippen LogP contribution < -0.4 is 10.3 Å². The maximum absolute atomic E-state index is 12.7.